The van der Waals surface area contributed by atoms with E-state index in [-0.39, 0.29) is 17.6 Å². The van der Waals surface area contributed by atoms with Crippen LogP contribution < -0.4 is 10.6 Å². The molecule has 6 nitrogen and oxygen atoms in total. The Hall–Kier alpha value is -2.87. The summed E-state index contributed by atoms with van der Waals surface area (Å²) < 4.78 is 30.2. The number of carbonyl (C=O) groups excluding carboxylic acids is 1. The molecule has 0 bridgehead atoms. The Bertz CT molecular complexity index is 966. The van der Waals surface area contributed by atoms with Crippen molar-refractivity contribution in [2.45, 2.75) is 18.9 Å². The molecule has 2 N–H and O–H groups in total. The fourth-order valence-electron chi connectivity index (χ4n) is 3.16. The Labute approximate surface area is 148 Å². The highest BCUT2D eigenvalue weighted by Gasteiger charge is 2.20. The molecule has 0 saturated carbocycles. The second kappa shape index (κ2) is 6.80. The predicted molar refractivity (Wildman–Crippen MR) is 93.2 cm³/mol. The maximum Gasteiger partial charge on any atom is 0.168 e. The number of pyridine rings is 2. The van der Waals surface area contributed by atoms with E-state index in [1.807, 2.05) is 0 Å². The average molecular weight is 357 g/mol. The Balaban J connectivity index is 1.74. The number of hydrogen-bond donors (Lipinski definition) is 2. The number of fused-ring (bicyclic) bond motifs is 1. The van der Waals surface area contributed by atoms with Gasteiger partial charge in [-0.05, 0) is 31.5 Å². The number of nitrogens with zero attached hydrogens (tertiary/aromatic N) is 3. The lowest BCUT2D eigenvalue weighted by Crippen LogP contribution is -2.38. The maximum atomic E-state index is 14.4. The normalized spacial score (nSPS) is 17.4. The van der Waals surface area contributed by atoms with Gasteiger partial charge in [-0.15, -0.1) is 0 Å². The summed E-state index contributed by atoms with van der Waals surface area (Å²) in [5.41, 5.74) is 1.35. The van der Waals surface area contributed by atoms with Gasteiger partial charge in [-0.1, -0.05) is 0 Å². The van der Waals surface area contributed by atoms with Crippen LogP contribution in [-0.2, 0) is 0 Å². The standard InChI is InChI=1S/C18H17F2N5O/c19-13-7-14(20)18(23-12-2-1-4-21-8-12)24-17(13)15-9-22-16-6-11(10-26)3-5-25(15)16/h3,5-7,9-10,12,21H,1-2,4,8H2,(H,23,24). The third-order valence-electron chi connectivity index (χ3n) is 4.48. The summed E-state index contributed by atoms with van der Waals surface area (Å²) in [4.78, 5) is 19.3. The Morgan fingerprint density at radius 1 is 1.31 bits per heavy atom. The van der Waals surface area contributed by atoms with Crippen molar-refractivity contribution in [3.8, 4) is 11.4 Å². The SMILES string of the molecule is O=Cc1ccn2c(-c3nc(NC4CCCNC4)c(F)cc3F)cnc2c1. The van der Waals surface area contributed by atoms with Gasteiger partial charge < -0.3 is 10.6 Å². The molecule has 4 rings (SSSR count). The van der Waals surface area contributed by atoms with E-state index in [1.165, 1.54) is 6.20 Å². The molecule has 4 heterocycles. The van der Waals surface area contributed by atoms with Crippen molar-refractivity contribution in [2.75, 3.05) is 18.4 Å². The molecule has 0 amide bonds. The second-order valence-electron chi connectivity index (χ2n) is 6.29. The highest BCUT2D eigenvalue weighted by molar-refractivity contribution is 5.77. The number of aldehydes is 1. The van der Waals surface area contributed by atoms with Crippen LogP contribution in [0.4, 0.5) is 14.6 Å². The van der Waals surface area contributed by atoms with Crippen LogP contribution in [-0.4, -0.2) is 39.8 Å². The van der Waals surface area contributed by atoms with E-state index >= 15 is 0 Å². The van der Waals surface area contributed by atoms with Crippen LogP contribution in [0, 0.1) is 11.6 Å². The number of halogens is 2. The lowest BCUT2D eigenvalue weighted by molar-refractivity contribution is 0.112. The summed E-state index contributed by atoms with van der Waals surface area (Å²) in [7, 11) is 0. The van der Waals surface area contributed by atoms with Gasteiger partial charge in [0.1, 0.15) is 17.6 Å². The molecule has 26 heavy (non-hydrogen) atoms. The van der Waals surface area contributed by atoms with Crippen molar-refractivity contribution in [1.29, 1.82) is 0 Å². The molecule has 1 aliphatic rings. The quantitative estimate of drug-likeness (QED) is 0.703. The zero-order chi connectivity index (χ0) is 18.1. The first-order chi connectivity index (χ1) is 12.7. The molecule has 0 aromatic carbocycles. The number of piperidine rings is 1. The summed E-state index contributed by atoms with van der Waals surface area (Å²) in [5, 5.41) is 6.29. The van der Waals surface area contributed by atoms with E-state index in [0.29, 0.717) is 29.7 Å². The second-order valence-corrected chi connectivity index (χ2v) is 6.29. The Morgan fingerprint density at radius 3 is 2.96 bits per heavy atom. The van der Waals surface area contributed by atoms with Gasteiger partial charge >= 0.3 is 0 Å². The molecule has 1 fully saturated rings. The van der Waals surface area contributed by atoms with E-state index in [2.05, 4.69) is 20.6 Å². The summed E-state index contributed by atoms with van der Waals surface area (Å²) in [6.07, 6.45) is 5.67. The van der Waals surface area contributed by atoms with Gasteiger partial charge in [0.25, 0.3) is 0 Å². The smallest absolute Gasteiger partial charge is 0.168 e. The van der Waals surface area contributed by atoms with Crippen LogP contribution in [0.3, 0.4) is 0 Å². The molecule has 1 saturated heterocycles. The molecular weight excluding hydrogens is 340 g/mol. The van der Waals surface area contributed by atoms with E-state index in [4.69, 9.17) is 0 Å². The Morgan fingerprint density at radius 2 is 2.19 bits per heavy atom. The van der Waals surface area contributed by atoms with Crippen molar-refractivity contribution < 1.29 is 13.6 Å². The monoisotopic (exact) mass is 357 g/mol. The molecule has 1 atom stereocenters. The van der Waals surface area contributed by atoms with Crippen molar-refractivity contribution in [2.24, 2.45) is 0 Å². The fourth-order valence-corrected chi connectivity index (χ4v) is 3.16. The van der Waals surface area contributed by atoms with Crippen LogP contribution in [0.2, 0.25) is 0 Å². The van der Waals surface area contributed by atoms with Gasteiger partial charge in [-0.25, -0.2) is 18.7 Å². The van der Waals surface area contributed by atoms with Crippen LogP contribution in [0.15, 0.2) is 30.6 Å². The highest BCUT2D eigenvalue weighted by Crippen LogP contribution is 2.26. The summed E-state index contributed by atoms with van der Waals surface area (Å²) in [5.74, 6) is -1.47. The zero-order valence-corrected chi connectivity index (χ0v) is 13.9. The molecular formula is C18H17F2N5O. The maximum absolute atomic E-state index is 14.4. The van der Waals surface area contributed by atoms with E-state index in [0.717, 1.165) is 25.5 Å². The van der Waals surface area contributed by atoms with Gasteiger partial charge in [-0.3, -0.25) is 9.20 Å². The molecule has 3 aromatic heterocycles. The number of imidazole rings is 1. The van der Waals surface area contributed by atoms with Crippen molar-refractivity contribution in [1.82, 2.24) is 19.7 Å². The predicted octanol–water partition coefficient (Wildman–Crippen LogP) is 2.65. The van der Waals surface area contributed by atoms with Crippen molar-refractivity contribution >= 4 is 17.8 Å². The lowest BCUT2D eigenvalue weighted by atomic mass is 10.1. The third kappa shape index (κ3) is 3.03. The average Bonchev–Trinajstić information content (AvgIpc) is 3.07. The largest absolute Gasteiger partial charge is 0.364 e. The molecule has 1 unspecified atom stereocenters. The van der Waals surface area contributed by atoms with Crippen LogP contribution in [0.5, 0.6) is 0 Å². The minimum absolute atomic E-state index is 0.00372. The summed E-state index contributed by atoms with van der Waals surface area (Å²) in [6, 6.07) is 4.06. The van der Waals surface area contributed by atoms with E-state index in [1.54, 1.807) is 22.7 Å². The molecule has 0 spiro atoms. The number of rotatable bonds is 4. The van der Waals surface area contributed by atoms with Crippen LogP contribution >= 0.6 is 0 Å². The van der Waals surface area contributed by atoms with Crippen molar-refractivity contribution in [3.63, 3.8) is 0 Å². The van der Waals surface area contributed by atoms with Crippen molar-refractivity contribution in [3.05, 3.63) is 47.8 Å². The first-order valence-electron chi connectivity index (χ1n) is 8.41. The number of nitrogens with one attached hydrogen (secondary N) is 2. The first-order valence-corrected chi connectivity index (χ1v) is 8.41. The van der Waals surface area contributed by atoms with Gasteiger partial charge in [-0.2, -0.15) is 0 Å². The fraction of sp³-hybridized carbons (Fsp3) is 0.278. The summed E-state index contributed by atoms with van der Waals surface area (Å²) in [6.45, 7) is 1.64. The van der Waals surface area contributed by atoms with Gasteiger partial charge in [0.05, 0.1) is 11.9 Å². The van der Waals surface area contributed by atoms with E-state index < -0.39 is 11.6 Å². The third-order valence-corrected chi connectivity index (χ3v) is 4.48. The topological polar surface area (TPSA) is 71.3 Å². The van der Waals surface area contributed by atoms with Crippen LogP contribution in [0.1, 0.15) is 23.2 Å². The lowest BCUT2D eigenvalue weighted by Gasteiger charge is -2.24. The minimum atomic E-state index is -0.768. The first kappa shape index (κ1) is 16.6. The molecule has 0 aliphatic carbocycles. The van der Waals surface area contributed by atoms with Gasteiger partial charge in [0.2, 0.25) is 0 Å². The number of hydrogen-bond acceptors (Lipinski definition) is 5. The number of aromatic nitrogens is 3. The molecule has 0 radical (unpaired) electrons. The molecule has 3 aromatic rings. The molecule has 134 valence electrons. The van der Waals surface area contributed by atoms with E-state index in [9.17, 15) is 13.6 Å². The van der Waals surface area contributed by atoms with Gasteiger partial charge in [0.15, 0.2) is 17.5 Å². The zero-order valence-electron chi connectivity index (χ0n) is 13.9. The number of carbonyl (C=O) groups is 1. The highest BCUT2D eigenvalue weighted by atomic mass is 19.1. The Kier molecular flexibility index (Phi) is 4.34. The van der Waals surface area contributed by atoms with Gasteiger partial charge in [0, 0.05) is 30.4 Å². The van der Waals surface area contributed by atoms with Crippen LogP contribution in [0.25, 0.3) is 17.0 Å². The molecule has 1 aliphatic heterocycles. The number of anilines is 1. The minimum Gasteiger partial charge on any atom is -0.364 e. The summed E-state index contributed by atoms with van der Waals surface area (Å²) >= 11 is 0. The molecule has 8 heteroatoms.